The van der Waals surface area contributed by atoms with E-state index in [0.29, 0.717) is 12.5 Å². The van der Waals surface area contributed by atoms with Gasteiger partial charge in [0, 0.05) is 13.1 Å². The molecule has 0 heterocycles. The van der Waals surface area contributed by atoms with Gasteiger partial charge in [-0.3, -0.25) is 4.79 Å². The minimum Gasteiger partial charge on any atom is -0.468 e. The van der Waals surface area contributed by atoms with Crippen molar-refractivity contribution in [2.45, 2.75) is 26.3 Å². The maximum absolute atomic E-state index is 11.6. The van der Waals surface area contributed by atoms with Crippen molar-refractivity contribution in [3.05, 3.63) is 0 Å². The zero-order valence-corrected chi connectivity index (χ0v) is 10.8. The van der Waals surface area contributed by atoms with E-state index in [9.17, 15) is 4.79 Å². The number of likely N-dealkylation sites (N-methyl/N-ethyl adjacent to an activating group) is 2. The second-order valence-electron chi connectivity index (χ2n) is 4.66. The number of hydrogen-bond donors (Lipinski definition) is 1. The molecule has 1 atom stereocenters. The van der Waals surface area contributed by atoms with Crippen LogP contribution in [0.5, 0.6) is 0 Å². The van der Waals surface area contributed by atoms with Crippen LogP contribution in [-0.2, 0) is 9.53 Å². The summed E-state index contributed by atoms with van der Waals surface area (Å²) in [5, 5.41) is 3.02. The van der Waals surface area contributed by atoms with E-state index < -0.39 is 5.54 Å². The number of carbonyl (C=O) groups is 1. The Labute approximate surface area is 93.0 Å². The smallest absolute Gasteiger partial charge is 0.327 e. The molecule has 0 aliphatic carbocycles. The largest absolute Gasteiger partial charge is 0.468 e. The SMILES string of the molecule is CNC(C)(CN(C)CC(C)C)C(=O)OC. The van der Waals surface area contributed by atoms with Crippen molar-refractivity contribution in [2.24, 2.45) is 5.92 Å². The van der Waals surface area contributed by atoms with E-state index in [1.54, 1.807) is 7.05 Å². The van der Waals surface area contributed by atoms with Crippen LogP contribution in [0.1, 0.15) is 20.8 Å². The first-order chi connectivity index (χ1) is 6.85. The first kappa shape index (κ1) is 14.4. The predicted molar refractivity (Wildman–Crippen MR) is 61.8 cm³/mol. The summed E-state index contributed by atoms with van der Waals surface area (Å²) in [6, 6.07) is 0. The molecule has 0 saturated carbocycles. The van der Waals surface area contributed by atoms with Gasteiger partial charge < -0.3 is 15.0 Å². The van der Waals surface area contributed by atoms with E-state index in [-0.39, 0.29) is 5.97 Å². The summed E-state index contributed by atoms with van der Waals surface area (Å²) in [7, 11) is 5.21. The molecule has 0 radical (unpaired) electrons. The van der Waals surface area contributed by atoms with E-state index in [4.69, 9.17) is 4.74 Å². The van der Waals surface area contributed by atoms with Crippen LogP contribution in [0.2, 0.25) is 0 Å². The fourth-order valence-electron chi connectivity index (χ4n) is 1.70. The highest BCUT2D eigenvalue weighted by Crippen LogP contribution is 2.09. The van der Waals surface area contributed by atoms with Gasteiger partial charge in [0.2, 0.25) is 0 Å². The number of methoxy groups -OCH3 is 1. The first-order valence-electron chi connectivity index (χ1n) is 5.31. The summed E-state index contributed by atoms with van der Waals surface area (Å²) in [4.78, 5) is 13.7. The first-order valence-corrected chi connectivity index (χ1v) is 5.31. The van der Waals surface area contributed by atoms with Crippen LogP contribution in [0.3, 0.4) is 0 Å². The summed E-state index contributed by atoms with van der Waals surface area (Å²) < 4.78 is 4.78. The third kappa shape index (κ3) is 4.62. The number of hydrogen-bond acceptors (Lipinski definition) is 4. The molecular formula is C11H24N2O2. The number of rotatable bonds is 6. The predicted octanol–water partition coefficient (Wildman–Crippen LogP) is 0.725. The zero-order chi connectivity index (χ0) is 12.1. The topological polar surface area (TPSA) is 41.6 Å². The Hall–Kier alpha value is -0.610. The van der Waals surface area contributed by atoms with E-state index in [0.717, 1.165) is 6.54 Å². The lowest BCUT2D eigenvalue weighted by atomic mass is 10.0. The number of carbonyl (C=O) groups excluding carboxylic acids is 1. The molecule has 1 unspecified atom stereocenters. The highest BCUT2D eigenvalue weighted by atomic mass is 16.5. The highest BCUT2D eigenvalue weighted by molar-refractivity contribution is 5.80. The van der Waals surface area contributed by atoms with Crippen molar-refractivity contribution in [1.29, 1.82) is 0 Å². The molecule has 90 valence electrons. The Morgan fingerprint density at radius 1 is 1.53 bits per heavy atom. The van der Waals surface area contributed by atoms with Crippen molar-refractivity contribution in [1.82, 2.24) is 10.2 Å². The van der Waals surface area contributed by atoms with Crippen LogP contribution >= 0.6 is 0 Å². The molecule has 0 amide bonds. The monoisotopic (exact) mass is 216 g/mol. The Balaban J connectivity index is 4.36. The standard InChI is InChI=1S/C11H24N2O2/c1-9(2)7-13(5)8-11(3,12-4)10(14)15-6/h9,12H,7-8H2,1-6H3. The highest BCUT2D eigenvalue weighted by Gasteiger charge is 2.33. The minimum absolute atomic E-state index is 0.222. The molecule has 1 N–H and O–H groups in total. The van der Waals surface area contributed by atoms with Gasteiger partial charge in [0.15, 0.2) is 0 Å². The molecule has 0 spiro atoms. The summed E-state index contributed by atoms with van der Waals surface area (Å²) >= 11 is 0. The molecule has 4 nitrogen and oxygen atoms in total. The van der Waals surface area contributed by atoms with Gasteiger partial charge >= 0.3 is 5.97 Å². The third-order valence-corrected chi connectivity index (χ3v) is 2.45. The fourth-order valence-corrected chi connectivity index (χ4v) is 1.70. The van der Waals surface area contributed by atoms with E-state index >= 15 is 0 Å². The Morgan fingerprint density at radius 2 is 2.07 bits per heavy atom. The number of nitrogens with one attached hydrogen (secondary N) is 1. The van der Waals surface area contributed by atoms with Gasteiger partial charge in [0.05, 0.1) is 7.11 Å². The zero-order valence-electron chi connectivity index (χ0n) is 10.8. The lowest BCUT2D eigenvalue weighted by molar-refractivity contribution is -0.148. The Kier molecular flexibility index (Phi) is 5.83. The summed E-state index contributed by atoms with van der Waals surface area (Å²) in [5.41, 5.74) is -0.627. The molecule has 0 bridgehead atoms. The average Bonchev–Trinajstić information content (AvgIpc) is 2.14. The summed E-state index contributed by atoms with van der Waals surface area (Å²) in [5.74, 6) is 0.370. The maximum atomic E-state index is 11.6. The van der Waals surface area contributed by atoms with Gasteiger partial charge in [-0.05, 0) is 26.9 Å². The molecular weight excluding hydrogens is 192 g/mol. The average molecular weight is 216 g/mol. The molecule has 4 heteroatoms. The van der Waals surface area contributed by atoms with Crippen LogP contribution in [0.25, 0.3) is 0 Å². The fraction of sp³-hybridized carbons (Fsp3) is 0.909. The van der Waals surface area contributed by atoms with Crippen molar-refractivity contribution in [3.63, 3.8) is 0 Å². The second kappa shape index (κ2) is 6.08. The van der Waals surface area contributed by atoms with Crippen LogP contribution in [-0.4, -0.2) is 50.7 Å². The van der Waals surface area contributed by atoms with Gasteiger partial charge in [-0.15, -0.1) is 0 Å². The quantitative estimate of drug-likeness (QED) is 0.664. The van der Waals surface area contributed by atoms with Gasteiger partial charge in [-0.1, -0.05) is 13.8 Å². The maximum Gasteiger partial charge on any atom is 0.327 e. The molecule has 0 rings (SSSR count). The molecule has 0 aromatic rings. The van der Waals surface area contributed by atoms with Crippen LogP contribution in [0, 0.1) is 5.92 Å². The van der Waals surface area contributed by atoms with Crippen molar-refractivity contribution >= 4 is 5.97 Å². The van der Waals surface area contributed by atoms with E-state index in [1.165, 1.54) is 7.11 Å². The molecule has 0 saturated heterocycles. The van der Waals surface area contributed by atoms with Crippen molar-refractivity contribution in [2.75, 3.05) is 34.3 Å². The molecule has 0 aromatic carbocycles. The van der Waals surface area contributed by atoms with E-state index in [1.807, 2.05) is 14.0 Å². The van der Waals surface area contributed by atoms with Crippen LogP contribution in [0.4, 0.5) is 0 Å². The number of ether oxygens (including phenoxy) is 1. The van der Waals surface area contributed by atoms with E-state index in [2.05, 4.69) is 24.1 Å². The van der Waals surface area contributed by atoms with Crippen molar-refractivity contribution in [3.8, 4) is 0 Å². The minimum atomic E-state index is -0.627. The Bertz CT molecular complexity index is 207. The Morgan fingerprint density at radius 3 is 2.40 bits per heavy atom. The van der Waals surface area contributed by atoms with Gasteiger partial charge in [0.1, 0.15) is 5.54 Å². The molecule has 0 aromatic heterocycles. The third-order valence-electron chi connectivity index (χ3n) is 2.45. The summed E-state index contributed by atoms with van der Waals surface area (Å²) in [6.07, 6.45) is 0. The van der Waals surface area contributed by atoms with Gasteiger partial charge in [-0.2, -0.15) is 0 Å². The normalized spacial score (nSPS) is 15.5. The number of esters is 1. The molecule has 0 aliphatic rings. The van der Waals surface area contributed by atoms with Crippen molar-refractivity contribution < 1.29 is 9.53 Å². The molecule has 0 fully saturated rings. The van der Waals surface area contributed by atoms with Gasteiger partial charge in [0.25, 0.3) is 0 Å². The molecule has 15 heavy (non-hydrogen) atoms. The lowest BCUT2D eigenvalue weighted by Crippen LogP contribution is -2.55. The summed E-state index contributed by atoms with van der Waals surface area (Å²) in [6.45, 7) is 7.79. The van der Waals surface area contributed by atoms with Crippen LogP contribution in [0.15, 0.2) is 0 Å². The molecule has 0 aliphatic heterocycles. The lowest BCUT2D eigenvalue weighted by Gasteiger charge is -2.31. The second-order valence-corrected chi connectivity index (χ2v) is 4.66. The van der Waals surface area contributed by atoms with Crippen LogP contribution < -0.4 is 5.32 Å². The van der Waals surface area contributed by atoms with Gasteiger partial charge in [-0.25, -0.2) is 0 Å². The number of nitrogens with zero attached hydrogens (tertiary/aromatic N) is 1.